The second kappa shape index (κ2) is 5.58. The number of ether oxygens (including phenoxy) is 1. The molecule has 6 heteroatoms. The number of hydrogen-bond donors (Lipinski definition) is 1. The molecule has 1 aliphatic heterocycles. The number of carbonyl (C=O) groups is 2. The van der Waals surface area contributed by atoms with Gasteiger partial charge in [-0.15, -0.1) is 0 Å². The maximum absolute atomic E-state index is 12.1. The minimum Gasteiger partial charge on any atom is -0.504 e. The standard InChI is InChI=1S/C14H15NO4S/c1-8(2)15-13(17)12(20-14(15)18)7-9-4-5-11(19-3)10(16)6-9/h4-8,16H,1-3H3/b12-7+. The Kier molecular flexibility index (Phi) is 4.04. The van der Waals surface area contributed by atoms with Crippen LogP contribution in [0, 0.1) is 0 Å². The average molecular weight is 293 g/mol. The Morgan fingerprint density at radius 3 is 2.55 bits per heavy atom. The first kappa shape index (κ1) is 14.5. The number of hydrogen-bond acceptors (Lipinski definition) is 5. The number of nitrogens with zero attached hydrogens (tertiary/aromatic N) is 1. The van der Waals surface area contributed by atoms with E-state index in [0.717, 1.165) is 11.8 Å². The number of rotatable bonds is 3. The van der Waals surface area contributed by atoms with Crippen LogP contribution >= 0.6 is 11.8 Å². The number of amides is 2. The Labute approximate surface area is 121 Å². The summed E-state index contributed by atoms with van der Waals surface area (Å²) in [5, 5.41) is 9.43. The van der Waals surface area contributed by atoms with Gasteiger partial charge in [-0.3, -0.25) is 14.5 Å². The van der Waals surface area contributed by atoms with E-state index in [9.17, 15) is 14.7 Å². The van der Waals surface area contributed by atoms with Crippen LogP contribution in [-0.4, -0.2) is 34.3 Å². The summed E-state index contributed by atoms with van der Waals surface area (Å²) < 4.78 is 4.95. The van der Waals surface area contributed by atoms with Gasteiger partial charge in [0.2, 0.25) is 0 Å². The normalized spacial score (nSPS) is 17.4. The lowest BCUT2D eigenvalue weighted by Crippen LogP contribution is -2.34. The lowest BCUT2D eigenvalue weighted by Gasteiger charge is -2.16. The highest BCUT2D eigenvalue weighted by molar-refractivity contribution is 8.18. The zero-order valence-electron chi connectivity index (χ0n) is 11.4. The molecule has 0 aromatic heterocycles. The monoisotopic (exact) mass is 293 g/mol. The molecular formula is C14H15NO4S. The third kappa shape index (κ3) is 2.65. The molecule has 0 radical (unpaired) electrons. The van der Waals surface area contributed by atoms with Gasteiger partial charge in [-0.05, 0) is 49.4 Å². The summed E-state index contributed by atoms with van der Waals surface area (Å²) in [6, 6.07) is 4.63. The van der Waals surface area contributed by atoms with E-state index in [1.807, 2.05) is 0 Å². The molecule has 1 N–H and O–H groups in total. The van der Waals surface area contributed by atoms with E-state index in [-0.39, 0.29) is 22.9 Å². The van der Waals surface area contributed by atoms with Crippen LogP contribution < -0.4 is 4.74 Å². The molecule has 0 unspecified atom stereocenters. The summed E-state index contributed by atoms with van der Waals surface area (Å²) in [6.07, 6.45) is 1.59. The van der Waals surface area contributed by atoms with Crippen LogP contribution in [0.15, 0.2) is 23.1 Å². The van der Waals surface area contributed by atoms with E-state index in [0.29, 0.717) is 16.2 Å². The van der Waals surface area contributed by atoms with Crippen molar-refractivity contribution in [3.05, 3.63) is 28.7 Å². The topological polar surface area (TPSA) is 66.8 Å². The summed E-state index contributed by atoms with van der Waals surface area (Å²) in [5.74, 6) is 0.0482. The van der Waals surface area contributed by atoms with Gasteiger partial charge in [0, 0.05) is 6.04 Å². The highest BCUT2D eigenvalue weighted by atomic mass is 32.2. The number of methoxy groups -OCH3 is 1. The van der Waals surface area contributed by atoms with Crippen molar-refractivity contribution in [3.63, 3.8) is 0 Å². The van der Waals surface area contributed by atoms with Gasteiger partial charge in [-0.25, -0.2) is 0 Å². The second-order valence-electron chi connectivity index (χ2n) is 4.58. The second-order valence-corrected chi connectivity index (χ2v) is 5.57. The Bertz CT molecular complexity index is 595. The van der Waals surface area contributed by atoms with E-state index >= 15 is 0 Å². The van der Waals surface area contributed by atoms with Crippen LogP contribution in [0.1, 0.15) is 19.4 Å². The molecule has 0 saturated carbocycles. The predicted molar refractivity (Wildman–Crippen MR) is 77.6 cm³/mol. The van der Waals surface area contributed by atoms with Crippen LogP contribution in [0.25, 0.3) is 6.08 Å². The lowest BCUT2D eigenvalue weighted by molar-refractivity contribution is -0.123. The summed E-state index contributed by atoms with van der Waals surface area (Å²) in [4.78, 5) is 25.4. The summed E-state index contributed by atoms with van der Waals surface area (Å²) in [5.41, 5.74) is 0.637. The van der Waals surface area contributed by atoms with Gasteiger partial charge >= 0.3 is 0 Å². The van der Waals surface area contributed by atoms with Crippen LogP contribution in [0.4, 0.5) is 4.79 Å². The molecule has 0 bridgehead atoms. The smallest absolute Gasteiger partial charge is 0.293 e. The van der Waals surface area contributed by atoms with Crippen molar-refractivity contribution in [1.29, 1.82) is 0 Å². The zero-order valence-corrected chi connectivity index (χ0v) is 12.2. The van der Waals surface area contributed by atoms with Gasteiger partial charge in [0.1, 0.15) is 0 Å². The molecule has 1 heterocycles. The van der Waals surface area contributed by atoms with Gasteiger partial charge in [0.25, 0.3) is 11.1 Å². The van der Waals surface area contributed by atoms with Crippen molar-refractivity contribution in [2.75, 3.05) is 7.11 Å². The molecule has 2 amide bonds. The molecule has 0 aliphatic carbocycles. The first-order chi connectivity index (χ1) is 9.43. The first-order valence-corrected chi connectivity index (χ1v) is 6.89. The van der Waals surface area contributed by atoms with Gasteiger partial charge in [-0.2, -0.15) is 0 Å². The van der Waals surface area contributed by atoms with Gasteiger partial charge in [-0.1, -0.05) is 6.07 Å². The van der Waals surface area contributed by atoms with Crippen molar-refractivity contribution in [2.24, 2.45) is 0 Å². The van der Waals surface area contributed by atoms with Crippen molar-refractivity contribution in [1.82, 2.24) is 4.90 Å². The molecule has 2 rings (SSSR count). The number of carbonyl (C=O) groups excluding carboxylic acids is 2. The van der Waals surface area contributed by atoms with Gasteiger partial charge < -0.3 is 9.84 Å². The highest BCUT2D eigenvalue weighted by Gasteiger charge is 2.36. The number of phenolic OH excluding ortho intramolecular Hbond substituents is 1. The molecule has 1 saturated heterocycles. The van der Waals surface area contributed by atoms with Crippen molar-refractivity contribution < 1.29 is 19.4 Å². The van der Waals surface area contributed by atoms with Crippen LogP contribution in [-0.2, 0) is 4.79 Å². The fraction of sp³-hybridized carbons (Fsp3) is 0.286. The maximum Gasteiger partial charge on any atom is 0.293 e. The van der Waals surface area contributed by atoms with E-state index in [1.165, 1.54) is 18.1 Å². The predicted octanol–water partition coefficient (Wildman–Crippen LogP) is 2.85. The zero-order chi connectivity index (χ0) is 14.9. The van der Waals surface area contributed by atoms with Crippen LogP contribution in [0.5, 0.6) is 11.5 Å². The quantitative estimate of drug-likeness (QED) is 0.868. The molecule has 1 aliphatic rings. The molecule has 1 aromatic rings. The fourth-order valence-electron chi connectivity index (χ4n) is 1.87. The third-order valence-corrected chi connectivity index (χ3v) is 3.72. The van der Waals surface area contributed by atoms with E-state index in [1.54, 1.807) is 32.1 Å². The Hall–Kier alpha value is -1.95. The molecule has 106 valence electrons. The number of phenols is 1. The SMILES string of the molecule is COc1ccc(/C=C2/SC(=O)N(C(C)C)C2=O)cc1O. The van der Waals surface area contributed by atoms with Crippen molar-refractivity contribution in [2.45, 2.75) is 19.9 Å². The van der Waals surface area contributed by atoms with E-state index < -0.39 is 0 Å². The summed E-state index contributed by atoms with van der Waals surface area (Å²) in [7, 11) is 1.46. The maximum atomic E-state index is 12.1. The average Bonchev–Trinajstić information content (AvgIpc) is 2.64. The minimum atomic E-state index is -0.301. The molecule has 0 atom stereocenters. The van der Waals surface area contributed by atoms with Crippen LogP contribution in [0.2, 0.25) is 0 Å². The number of thioether (sulfide) groups is 1. The van der Waals surface area contributed by atoms with E-state index in [2.05, 4.69) is 0 Å². The summed E-state index contributed by atoms with van der Waals surface area (Å²) in [6.45, 7) is 3.58. The van der Waals surface area contributed by atoms with Gasteiger partial charge in [0.05, 0.1) is 12.0 Å². The largest absolute Gasteiger partial charge is 0.504 e. The number of benzene rings is 1. The Morgan fingerprint density at radius 1 is 1.35 bits per heavy atom. The molecule has 1 aromatic carbocycles. The molecular weight excluding hydrogens is 278 g/mol. The molecule has 5 nitrogen and oxygen atoms in total. The molecule has 20 heavy (non-hydrogen) atoms. The minimum absolute atomic E-state index is 0.00987. The first-order valence-electron chi connectivity index (χ1n) is 6.08. The number of aromatic hydroxyl groups is 1. The lowest BCUT2D eigenvalue weighted by atomic mass is 10.2. The van der Waals surface area contributed by atoms with Crippen LogP contribution in [0.3, 0.4) is 0 Å². The van der Waals surface area contributed by atoms with Crippen molar-refractivity contribution >= 4 is 29.0 Å². The molecule has 1 fully saturated rings. The van der Waals surface area contributed by atoms with Crippen molar-refractivity contribution in [3.8, 4) is 11.5 Å². The highest BCUT2D eigenvalue weighted by Crippen LogP contribution is 2.34. The Morgan fingerprint density at radius 2 is 2.05 bits per heavy atom. The molecule has 0 spiro atoms. The number of imide groups is 1. The summed E-state index contributed by atoms with van der Waals surface area (Å²) >= 11 is 0.906. The fourth-order valence-corrected chi connectivity index (χ4v) is 2.83. The third-order valence-electron chi connectivity index (χ3n) is 2.84. The van der Waals surface area contributed by atoms with E-state index in [4.69, 9.17) is 4.74 Å². The van der Waals surface area contributed by atoms with Gasteiger partial charge in [0.15, 0.2) is 11.5 Å². The Balaban J connectivity index is 2.30.